The maximum atomic E-state index is 12.2. The zero-order valence-corrected chi connectivity index (χ0v) is 13.5. The van der Waals surface area contributed by atoms with Crippen LogP contribution in [0.1, 0.15) is 10.5 Å². The Bertz CT molecular complexity index is 1020. The molecule has 0 radical (unpaired) electrons. The lowest BCUT2D eigenvalue weighted by Crippen LogP contribution is -2.11. The first-order valence-corrected chi connectivity index (χ1v) is 8.42. The van der Waals surface area contributed by atoms with Crippen molar-refractivity contribution in [2.24, 2.45) is 0 Å². The van der Waals surface area contributed by atoms with Gasteiger partial charge in [0, 0.05) is 10.3 Å². The van der Waals surface area contributed by atoms with Gasteiger partial charge in [0.25, 0.3) is 0 Å². The SMILES string of the molecule is O=C(CO)c1cc(-c2cccc3ccsc23)nn1-c1ccccc1. The van der Waals surface area contributed by atoms with Crippen molar-refractivity contribution in [3.05, 3.63) is 71.7 Å². The second-order valence-corrected chi connectivity index (χ2v) is 6.30. The zero-order valence-electron chi connectivity index (χ0n) is 12.7. The minimum atomic E-state index is -0.541. The van der Waals surface area contributed by atoms with E-state index >= 15 is 0 Å². The first kappa shape index (κ1) is 14.8. The number of Topliss-reactive ketones (excluding diaryl/α,β-unsaturated/α-hetero) is 1. The second kappa shape index (κ2) is 6.03. The summed E-state index contributed by atoms with van der Waals surface area (Å²) in [5.41, 5.74) is 2.89. The van der Waals surface area contributed by atoms with Gasteiger partial charge in [0.15, 0.2) is 0 Å². The maximum Gasteiger partial charge on any atom is 0.206 e. The van der Waals surface area contributed by atoms with Crippen LogP contribution in [0.15, 0.2) is 66.0 Å². The summed E-state index contributed by atoms with van der Waals surface area (Å²) >= 11 is 1.65. The number of thiophene rings is 1. The molecule has 2 aromatic carbocycles. The number of para-hydroxylation sites is 1. The fraction of sp³-hybridized carbons (Fsp3) is 0.0526. The summed E-state index contributed by atoms with van der Waals surface area (Å²) in [7, 11) is 0. The quantitative estimate of drug-likeness (QED) is 0.575. The van der Waals surface area contributed by atoms with Crippen LogP contribution in [0.4, 0.5) is 0 Å². The summed E-state index contributed by atoms with van der Waals surface area (Å²) in [4.78, 5) is 12.2. The van der Waals surface area contributed by atoms with Gasteiger partial charge in [0.2, 0.25) is 5.78 Å². The van der Waals surface area contributed by atoms with Crippen LogP contribution in [0, 0.1) is 0 Å². The number of aromatic nitrogens is 2. The lowest BCUT2D eigenvalue weighted by Gasteiger charge is -2.05. The predicted molar refractivity (Wildman–Crippen MR) is 95.8 cm³/mol. The number of nitrogens with zero attached hydrogens (tertiary/aromatic N) is 2. The fourth-order valence-electron chi connectivity index (χ4n) is 2.75. The van der Waals surface area contributed by atoms with E-state index in [4.69, 9.17) is 0 Å². The van der Waals surface area contributed by atoms with E-state index in [1.807, 2.05) is 47.8 Å². The molecular formula is C19H14N2O2S. The van der Waals surface area contributed by atoms with Crippen molar-refractivity contribution in [2.45, 2.75) is 0 Å². The molecule has 4 nitrogen and oxygen atoms in total. The first-order chi connectivity index (χ1) is 11.8. The van der Waals surface area contributed by atoms with Gasteiger partial charge in [-0.25, -0.2) is 4.68 Å². The number of ketones is 1. The molecule has 0 saturated heterocycles. The van der Waals surface area contributed by atoms with E-state index in [1.165, 1.54) is 0 Å². The van der Waals surface area contributed by atoms with E-state index < -0.39 is 6.61 Å². The highest BCUT2D eigenvalue weighted by atomic mass is 32.1. The van der Waals surface area contributed by atoms with Gasteiger partial charge in [-0.3, -0.25) is 4.79 Å². The smallest absolute Gasteiger partial charge is 0.206 e. The van der Waals surface area contributed by atoms with Crippen LogP contribution < -0.4 is 0 Å². The molecule has 0 bridgehead atoms. The third kappa shape index (κ3) is 2.44. The highest BCUT2D eigenvalue weighted by Gasteiger charge is 2.18. The molecule has 0 fully saturated rings. The number of carbonyl (C=O) groups excluding carboxylic acids is 1. The molecule has 0 aliphatic heterocycles. The molecule has 0 atom stereocenters. The van der Waals surface area contributed by atoms with Gasteiger partial charge < -0.3 is 5.11 Å². The lowest BCUT2D eigenvalue weighted by molar-refractivity contribution is 0.0896. The highest BCUT2D eigenvalue weighted by Crippen LogP contribution is 2.32. The lowest BCUT2D eigenvalue weighted by atomic mass is 10.1. The molecule has 0 unspecified atom stereocenters. The zero-order chi connectivity index (χ0) is 16.5. The monoisotopic (exact) mass is 334 g/mol. The van der Waals surface area contributed by atoms with Crippen LogP contribution in [-0.4, -0.2) is 27.3 Å². The number of benzene rings is 2. The molecule has 0 spiro atoms. The van der Waals surface area contributed by atoms with Gasteiger partial charge in [-0.1, -0.05) is 36.4 Å². The average Bonchev–Trinajstić information content (AvgIpc) is 3.28. The van der Waals surface area contributed by atoms with Crippen LogP contribution in [0.3, 0.4) is 0 Å². The predicted octanol–water partition coefficient (Wildman–Crippen LogP) is 3.93. The van der Waals surface area contributed by atoms with E-state index in [0.717, 1.165) is 27.0 Å². The number of aliphatic hydroxyl groups excluding tert-OH is 1. The Hall–Kier alpha value is -2.76. The summed E-state index contributed by atoms with van der Waals surface area (Å²) in [6.07, 6.45) is 0. The van der Waals surface area contributed by atoms with E-state index in [2.05, 4.69) is 17.2 Å². The van der Waals surface area contributed by atoms with E-state index in [0.29, 0.717) is 5.69 Å². The largest absolute Gasteiger partial charge is 0.388 e. The van der Waals surface area contributed by atoms with Crippen molar-refractivity contribution in [3.63, 3.8) is 0 Å². The Labute approximate surface area is 142 Å². The third-order valence-electron chi connectivity index (χ3n) is 3.89. The molecule has 118 valence electrons. The number of hydrogen-bond donors (Lipinski definition) is 1. The normalized spacial score (nSPS) is 11.0. The topological polar surface area (TPSA) is 55.1 Å². The Kier molecular flexibility index (Phi) is 3.72. The first-order valence-electron chi connectivity index (χ1n) is 7.54. The molecule has 24 heavy (non-hydrogen) atoms. The van der Waals surface area contributed by atoms with Crippen molar-refractivity contribution in [3.8, 4) is 16.9 Å². The Morgan fingerprint density at radius 3 is 2.71 bits per heavy atom. The van der Waals surface area contributed by atoms with Gasteiger partial charge >= 0.3 is 0 Å². The van der Waals surface area contributed by atoms with E-state index in [-0.39, 0.29) is 5.78 Å². The van der Waals surface area contributed by atoms with Crippen LogP contribution in [0.5, 0.6) is 0 Å². The highest BCUT2D eigenvalue weighted by molar-refractivity contribution is 7.17. The van der Waals surface area contributed by atoms with Crippen molar-refractivity contribution in [1.82, 2.24) is 9.78 Å². The van der Waals surface area contributed by atoms with Gasteiger partial charge in [0.05, 0.1) is 11.4 Å². The molecular weight excluding hydrogens is 320 g/mol. The van der Waals surface area contributed by atoms with Crippen LogP contribution in [0.2, 0.25) is 0 Å². The molecule has 5 heteroatoms. The Balaban J connectivity index is 1.93. The minimum Gasteiger partial charge on any atom is -0.388 e. The number of carbonyl (C=O) groups is 1. The third-order valence-corrected chi connectivity index (χ3v) is 4.86. The Morgan fingerprint density at radius 2 is 1.92 bits per heavy atom. The van der Waals surface area contributed by atoms with E-state index in [9.17, 15) is 9.90 Å². The summed E-state index contributed by atoms with van der Waals surface area (Å²) in [5, 5.41) is 17.1. The number of fused-ring (bicyclic) bond motifs is 1. The van der Waals surface area contributed by atoms with Gasteiger partial charge in [-0.05, 0) is 35.0 Å². The molecule has 0 aliphatic carbocycles. The number of rotatable bonds is 4. The summed E-state index contributed by atoms with van der Waals surface area (Å²) in [6.45, 7) is -0.541. The molecule has 4 rings (SSSR count). The van der Waals surface area contributed by atoms with Crippen molar-refractivity contribution >= 4 is 27.2 Å². The maximum absolute atomic E-state index is 12.2. The van der Waals surface area contributed by atoms with Gasteiger partial charge in [0.1, 0.15) is 12.3 Å². The van der Waals surface area contributed by atoms with Crippen LogP contribution >= 0.6 is 11.3 Å². The van der Waals surface area contributed by atoms with Crippen LogP contribution in [-0.2, 0) is 0 Å². The van der Waals surface area contributed by atoms with Crippen molar-refractivity contribution in [1.29, 1.82) is 0 Å². The number of hydrogen-bond acceptors (Lipinski definition) is 4. The Morgan fingerprint density at radius 1 is 1.08 bits per heavy atom. The molecule has 0 saturated carbocycles. The standard InChI is InChI=1S/C19H14N2O2S/c22-12-18(23)17-11-16(20-21(17)14-6-2-1-3-7-14)15-8-4-5-13-9-10-24-19(13)15/h1-11,22H,12H2. The minimum absolute atomic E-state index is 0.351. The molecule has 2 aromatic heterocycles. The van der Waals surface area contributed by atoms with E-state index in [1.54, 1.807) is 22.1 Å². The average molecular weight is 334 g/mol. The van der Waals surface area contributed by atoms with Crippen molar-refractivity contribution in [2.75, 3.05) is 6.61 Å². The van der Waals surface area contributed by atoms with Gasteiger partial charge in [-0.2, -0.15) is 5.10 Å². The summed E-state index contributed by atoms with van der Waals surface area (Å²) in [5.74, 6) is -0.351. The molecule has 0 amide bonds. The molecule has 1 N–H and O–H groups in total. The van der Waals surface area contributed by atoms with Crippen molar-refractivity contribution < 1.29 is 9.90 Å². The van der Waals surface area contributed by atoms with Gasteiger partial charge in [-0.15, -0.1) is 11.3 Å². The summed E-state index contributed by atoms with van der Waals surface area (Å²) < 4.78 is 2.73. The fourth-order valence-corrected chi connectivity index (χ4v) is 3.68. The molecule has 0 aliphatic rings. The number of aliphatic hydroxyl groups is 1. The van der Waals surface area contributed by atoms with Crippen LogP contribution in [0.25, 0.3) is 27.0 Å². The second-order valence-electron chi connectivity index (χ2n) is 5.39. The molecule has 2 heterocycles. The summed E-state index contributed by atoms with van der Waals surface area (Å²) in [6, 6.07) is 19.3. The molecule has 4 aromatic rings.